The first-order valence-corrected chi connectivity index (χ1v) is 12.1. The van der Waals surface area contributed by atoms with E-state index in [1.807, 2.05) is 12.1 Å². The minimum absolute atomic E-state index is 0.248. The Morgan fingerprint density at radius 2 is 1.60 bits per heavy atom. The Bertz CT molecular complexity index is 1280. The molecule has 2 aromatic carbocycles. The van der Waals surface area contributed by atoms with Crippen LogP contribution in [0.25, 0.3) is 22.2 Å². The zero-order valence-corrected chi connectivity index (χ0v) is 17.9. The van der Waals surface area contributed by atoms with Gasteiger partial charge in [0, 0.05) is 35.8 Å². The number of rotatable bonds is 5. The van der Waals surface area contributed by atoms with Crippen LogP contribution in [0.5, 0.6) is 0 Å². The van der Waals surface area contributed by atoms with E-state index in [1.165, 1.54) is 21.7 Å². The van der Waals surface area contributed by atoms with Crippen LogP contribution in [0.15, 0.2) is 88.9 Å². The third kappa shape index (κ3) is 3.53. The van der Waals surface area contributed by atoms with Crippen LogP contribution in [-0.4, -0.2) is 34.8 Å². The van der Waals surface area contributed by atoms with Crippen LogP contribution in [0.4, 0.5) is 0 Å². The van der Waals surface area contributed by atoms with E-state index in [0.29, 0.717) is 5.65 Å². The number of pyridine rings is 1. The van der Waals surface area contributed by atoms with E-state index in [-0.39, 0.29) is 4.90 Å². The lowest BCUT2D eigenvalue weighted by atomic mass is 10.0. The average Bonchev–Trinajstić information content (AvgIpc) is 3.45. The molecule has 1 aliphatic heterocycles. The molecule has 0 N–H and O–H groups in total. The van der Waals surface area contributed by atoms with Crippen molar-refractivity contribution in [2.45, 2.75) is 22.6 Å². The molecule has 0 aliphatic carbocycles. The second-order valence-corrected chi connectivity index (χ2v) is 10.3. The minimum atomic E-state index is -3.70. The normalized spacial score (nSPS) is 15.1. The molecule has 1 fully saturated rings. The van der Waals surface area contributed by atoms with Gasteiger partial charge in [-0.25, -0.2) is 21.7 Å². The number of hydrogen-bond acceptors (Lipinski definition) is 5. The second kappa shape index (κ2) is 7.91. The monoisotopic (exact) mass is 435 g/mol. The lowest BCUT2D eigenvalue weighted by Gasteiger charge is -2.13. The lowest BCUT2D eigenvalue weighted by Crippen LogP contribution is -2.12. The number of aromatic nitrogens is 2. The van der Waals surface area contributed by atoms with Gasteiger partial charge in [-0.15, -0.1) is 0 Å². The van der Waals surface area contributed by atoms with Gasteiger partial charge in [0.25, 0.3) is 10.0 Å². The van der Waals surface area contributed by atoms with Gasteiger partial charge in [-0.3, -0.25) is 0 Å². The molecule has 4 aromatic rings. The molecule has 1 saturated heterocycles. The van der Waals surface area contributed by atoms with E-state index < -0.39 is 10.0 Å². The fourth-order valence-corrected chi connectivity index (χ4v) is 6.11. The maximum absolute atomic E-state index is 13.1. The minimum Gasteiger partial charge on any atom is -0.246 e. The zero-order chi connectivity index (χ0) is 20.6. The molecule has 1 aliphatic rings. The molecule has 0 amide bonds. The molecule has 7 heteroatoms. The highest BCUT2D eigenvalue weighted by molar-refractivity contribution is 7.97. The van der Waals surface area contributed by atoms with Gasteiger partial charge in [0.15, 0.2) is 5.65 Å². The molecule has 0 radical (unpaired) electrons. The summed E-state index contributed by atoms with van der Waals surface area (Å²) < 4.78 is 29.8. The fourth-order valence-electron chi connectivity index (χ4n) is 3.79. The Kier molecular flexibility index (Phi) is 5.10. The summed E-state index contributed by atoms with van der Waals surface area (Å²) in [5.74, 6) is 0. The van der Waals surface area contributed by atoms with Crippen molar-refractivity contribution in [2.75, 3.05) is 13.1 Å². The largest absolute Gasteiger partial charge is 0.269 e. The first-order chi connectivity index (χ1) is 14.6. The molecular formula is C23H21N3O2S2. The summed E-state index contributed by atoms with van der Waals surface area (Å²) in [7, 11) is -3.70. The highest BCUT2D eigenvalue weighted by atomic mass is 32.2. The summed E-state index contributed by atoms with van der Waals surface area (Å²) >= 11 is 1.80. The molecule has 5 nitrogen and oxygen atoms in total. The molecule has 152 valence electrons. The van der Waals surface area contributed by atoms with Crippen LogP contribution in [-0.2, 0) is 10.0 Å². The third-order valence-corrected chi connectivity index (χ3v) is 8.11. The standard InChI is InChI=1S/C23H21N3O2S2/c27-30(28,20-6-2-1-3-7-20)26-17-13-22-21(12-14-24-23(22)26)18-8-10-19(11-9-18)29-25-15-4-5-16-25/h1-3,6-14,17H,4-5,15-16H2. The molecular weight excluding hydrogens is 414 g/mol. The quantitative estimate of drug-likeness (QED) is 0.411. The first-order valence-electron chi connectivity index (χ1n) is 9.93. The first kappa shape index (κ1) is 19.4. The molecule has 0 unspecified atom stereocenters. The second-order valence-electron chi connectivity index (χ2n) is 7.28. The predicted octanol–water partition coefficient (Wildman–Crippen LogP) is 5.04. The fraction of sp³-hybridized carbons (Fsp3) is 0.174. The molecule has 30 heavy (non-hydrogen) atoms. The van der Waals surface area contributed by atoms with E-state index in [9.17, 15) is 8.42 Å². The Morgan fingerprint density at radius 3 is 2.33 bits per heavy atom. The number of hydrogen-bond donors (Lipinski definition) is 0. The van der Waals surface area contributed by atoms with Crippen LogP contribution < -0.4 is 0 Å². The smallest absolute Gasteiger partial charge is 0.246 e. The van der Waals surface area contributed by atoms with Crippen LogP contribution in [0.2, 0.25) is 0 Å². The SMILES string of the molecule is O=S(=O)(c1ccccc1)n1ccc2c(-c3ccc(SN4CCCC4)cc3)ccnc21. The summed E-state index contributed by atoms with van der Waals surface area (Å²) in [5.41, 5.74) is 2.45. The van der Waals surface area contributed by atoms with Crippen molar-refractivity contribution in [1.82, 2.24) is 13.3 Å². The molecule has 0 bridgehead atoms. The summed E-state index contributed by atoms with van der Waals surface area (Å²) in [6.07, 6.45) is 5.79. The van der Waals surface area contributed by atoms with Crippen molar-refractivity contribution >= 4 is 33.0 Å². The molecule has 5 rings (SSSR count). The number of nitrogens with zero attached hydrogens (tertiary/aromatic N) is 3. The van der Waals surface area contributed by atoms with Crippen molar-refractivity contribution < 1.29 is 8.42 Å². The van der Waals surface area contributed by atoms with E-state index in [0.717, 1.165) is 29.6 Å². The Labute approximate surface area is 180 Å². The van der Waals surface area contributed by atoms with Gasteiger partial charge in [-0.2, -0.15) is 0 Å². The van der Waals surface area contributed by atoms with Crippen LogP contribution in [0.1, 0.15) is 12.8 Å². The summed E-state index contributed by atoms with van der Waals surface area (Å²) in [4.78, 5) is 5.84. The van der Waals surface area contributed by atoms with Crippen molar-refractivity contribution in [3.63, 3.8) is 0 Å². The number of fused-ring (bicyclic) bond motifs is 1. The molecule has 2 aromatic heterocycles. The van der Waals surface area contributed by atoms with E-state index in [4.69, 9.17) is 0 Å². The highest BCUT2D eigenvalue weighted by Gasteiger charge is 2.20. The molecule has 3 heterocycles. The van der Waals surface area contributed by atoms with Crippen LogP contribution in [0.3, 0.4) is 0 Å². The Hall–Kier alpha value is -2.61. The lowest BCUT2D eigenvalue weighted by molar-refractivity contribution is 0.586. The molecule has 0 saturated carbocycles. The molecule has 0 spiro atoms. The van der Waals surface area contributed by atoms with Gasteiger partial charge in [-0.05, 0) is 72.3 Å². The van der Waals surface area contributed by atoms with Gasteiger partial charge < -0.3 is 0 Å². The zero-order valence-electron chi connectivity index (χ0n) is 16.3. The summed E-state index contributed by atoms with van der Waals surface area (Å²) in [6, 6.07) is 20.6. The highest BCUT2D eigenvalue weighted by Crippen LogP contribution is 2.32. The van der Waals surface area contributed by atoms with E-state index >= 15 is 0 Å². The Morgan fingerprint density at radius 1 is 0.867 bits per heavy atom. The number of benzene rings is 2. The van der Waals surface area contributed by atoms with E-state index in [1.54, 1.807) is 54.7 Å². The van der Waals surface area contributed by atoms with Gasteiger partial charge in [0.2, 0.25) is 0 Å². The van der Waals surface area contributed by atoms with Gasteiger partial charge in [0.1, 0.15) is 0 Å². The van der Waals surface area contributed by atoms with Crippen molar-refractivity contribution in [3.8, 4) is 11.1 Å². The van der Waals surface area contributed by atoms with Crippen molar-refractivity contribution in [2.24, 2.45) is 0 Å². The summed E-state index contributed by atoms with van der Waals surface area (Å²) in [5, 5.41) is 0.817. The maximum atomic E-state index is 13.1. The summed E-state index contributed by atoms with van der Waals surface area (Å²) in [6.45, 7) is 2.28. The van der Waals surface area contributed by atoms with E-state index in [2.05, 4.69) is 33.6 Å². The van der Waals surface area contributed by atoms with Gasteiger partial charge in [-0.1, -0.05) is 30.3 Å². The van der Waals surface area contributed by atoms with Crippen molar-refractivity contribution in [3.05, 3.63) is 79.1 Å². The third-order valence-electron chi connectivity index (χ3n) is 5.32. The topological polar surface area (TPSA) is 55.2 Å². The van der Waals surface area contributed by atoms with Crippen LogP contribution in [0, 0.1) is 0 Å². The van der Waals surface area contributed by atoms with Crippen molar-refractivity contribution in [1.29, 1.82) is 0 Å². The predicted molar refractivity (Wildman–Crippen MR) is 121 cm³/mol. The van der Waals surface area contributed by atoms with Gasteiger partial charge >= 0.3 is 0 Å². The molecule has 0 atom stereocenters. The maximum Gasteiger partial charge on any atom is 0.269 e. The van der Waals surface area contributed by atoms with Gasteiger partial charge in [0.05, 0.1) is 4.90 Å². The Balaban J connectivity index is 1.51. The average molecular weight is 436 g/mol. The van der Waals surface area contributed by atoms with Crippen LogP contribution >= 0.6 is 11.9 Å².